The molecule has 0 unspecified atom stereocenters. The number of rotatable bonds is 5. The summed E-state index contributed by atoms with van der Waals surface area (Å²) < 4.78 is 0. The van der Waals surface area contributed by atoms with Gasteiger partial charge in [0.15, 0.2) is 0 Å². The Hall–Kier alpha value is -2.56. The first-order valence-corrected chi connectivity index (χ1v) is 8.51. The zero-order chi connectivity index (χ0) is 16.9. The predicted octanol–water partition coefficient (Wildman–Crippen LogP) is 3.56. The number of hydrogen-bond acceptors (Lipinski definition) is 4. The third-order valence-electron chi connectivity index (χ3n) is 4.04. The first kappa shape index (κ1) is 16.3. The number of anilines is 3. The highest BCUT2D eigenvalue weighted by Crippen LogP contribution is 2.23. The Bertz CT molecular complexity index is 674. The maximum Gasteiger partial charge on any atom is 0.270 e. The van der Waals surface area contributed by atoms with Gasteiger partial charge in [0.05, 0.1) is 11.9 Å². The van der Waals surface area contributed by atoms with Gasteiger partial charge in [-0.2, -0.15) is 0 Å². The summed E-state index contributed by atoms with van der Waals surface area (Å²) in [4.78, 5) is 18.5. The molecule has 2 heterocycles. The van der Waals surface area contributed by atoms with E-state index in [1.165, 1.54) is 18.5 Å². The first-order valence-electron chi connectivity index (χ1n) is 8.51. The van der Waals surface area contributed by atoms with E-state index in [-0.39, 0.29) is 11.9 Å². The maximum absolute atomic E-state index is 11.9. The second-order valence-electron chi connectivity index (χ2n) is 6.43. The van der Waals surface area contributed by atoms with Gasteiger partial charge in [-0.15, -0.1) is 0 Å². The fourth-order valence-electron chi connectivity index (χ4n) is 2.84. The molecule has 0 bridgehead atoms. The van der Waals surface area contributed by atoms with Crippen LogP contribution in [0.4, 0.5) is 17.1 Å². The Labute approximate surface area is 143 Å². The molecule has 2 aromatic rings. The Morgan fingerprint density at radius 1 is 1.04 bits per heavy atom. The van der Waals surface area contributed by atoms with Gasteiger partial charge in [0.2, 0.25) is 0 Å². The van der Waals surface area contributed by atoms with Crippen molar-refractivity contribution >= 4 is 23.0 Å². The topological polar surface area (TPSA) is 57.3 Å². The van der Waals surface area contributed by atoms with Crippen LogP contribution in [0.3, 0.4) is 0 Å². The number of benzene rings is 1. The van der Waals surface area contributed by atoms with E-state index in [4.69, 9.17) is 0 Å². The normalized spacial score (nSPS) is 14.0. The molecule has 5 nitrogen and oxygen atoms in total. The van der Waals surface area contributed by atoms with Crippen LogP contribution in [0.1, 0.15) is 37.2 Å². The van der Waals surface area contributed by atoms with Crippen molar-refractivity contribution in [2.45, 2.75) is 32.7 Å². The van der Waals surface area contributed by atoms with Gasteiger partial charge in [0.25, 0.3) is 5.91 Å². The molecule has 3 rings (SSSR count). The van der Waals surface area contributed by atoms with Gasteiger partial charge in [-0.05, 0) is 63.1 Å². The second-order valence-corrected chi connectivity index (χ2v) is 6.43. The molecule has 0 atom stereocenters. The second kappa shape index (κ2) is 7.34. The summed E-state index contributed by atoms with van der Waals surface area (Å²) in [6.45, 7) is 6.16. The van der Waals surface area contributed by atoms with Gasteiger partial charge in [-0.1, -0.05) is 0 Å². The van der Waals surface area contributed by atoms with Crippen LogP contribution in [0.5, 0.6) is 0 Å². The minimum absolute atomic E-state index is 0.103. The molecule has 1 saturated heterocycles. The Morgan fingerprint density at radius 3 is 2.29 bits per heavy atom. The molecule has 2 N–H and O–H groups in total. The number of nitrogens with zero attached hydrogens (tertiary/aromatic N) is 2. The standard InChI is InChI=1S/C19H24N4O/c1-14(2)21-19(24)18-10-7-16(13-20-18)22-15-5-8-17(9-6-15)23-11-3-4-12-23/h5-10,13-14,22H,3-4,11-12H2,1-2H3,(H,21,24). The van der Waals surface area contributed by atoms with E-state index in [9.17, 15) is 4.79 Å². The Morgan fingerprint density at radius 2 is 1.71 bits per heavy atom. The number of hydrogen-bond donors (Lipinski definition) is 2. The highest BCUT2D eigenvalue weighted by Gasteiger charge is 2.12. The molecule has 1 aliphatic rings. The summed E-state index contributed by atoms with van der Waals surface area (Å²) in [5.74, 6) is -0.147. The number of carbonyl (C=O) groups is 1. The molecule has 0 spiro atoms. The SMILES string of the molecule is CC(C)NC(=O)c1ccc(Nc2ccc(N3CCCC3)cc2)cn1. The van der Waals surface area contributed by atoms with Gasteiger partial charge in [0.1, 0.15) is 5.69 Å². The fourth-order valence-corrected chi connectivity index (χ4v) is 2.84. The average molecular weight is 324 g/mol. The number of amides is 1. The van der Waals surface area contributed by atoms with Crippen LogP contribution in [0.2, 0.25) is 0 Å². The molecule has 24 heavy (non-hydrogen) atoms. The number of aromatic nitrogens is 1. The number of carbonyl (C=O) groups excluding carboxylic acids is 1. The lowest BCUT2D eigenvalue weighted by atomic mass is 10.2. The van der Waals surface area contributed by atoms with Crippen molar-refractivity contribution in [3.05, 3.63) is 48.3 Å². The van der Waals surface area contributed by atoms with Gasteiger partial charge in [-0.25, -0.2) is 4.98 Å². The Kier molecular flexibility index (Phi) is 4.99. The van der Waals surface area contributed by atoms with Crippen LogP contribution >= 0.6 is 0 Å². The van der Waals surface area contributed by atoms with Crippen molar-refractivity contribution in [1.29, 1.82) is 0 Å². The predicted molar refractivity (Wildman–Crippen MR) is 98.0 cm³/mol. The van der Waals surface area contributed by atoms with Crippen LogP contribution in [0.25, 0.3) is 0 Å². The number of pyridine rings is 1. The smallest absolute Gasteiger partial charge is 0.270 e. The number of nitrogens with one attached hydrogen (secondary N) is 2. The molecule has 5 heteroatoms. The molecule has 1 fully saturated rings. The molecule has 1 aliphatic heterocycles. The van der Waals surface area contributed by atoms with Crippen molar-refractivity contribution in [1.82, 2.24) is 10.3 Å². The highest BCUT2D eigenvalue weighted by atomic mass is 16.1. The summed E-state index contributed by atoms with van der Waals surface area (Å²) in [6.07, 6.45) is 4.24. The van der Waals surface area contributed by atoms with Gasteiger partial charge >= 0.3 is 0 Å². The quantitative estimate of drug-likeness (QED) is 0.883. The van der Waals surface area contributed by atoms with Crippen molar-refractivity contribution in [3.8, 4) is 0 Å². The molecule has 0 aliphatic carbocycles. The minimum atomic E-state index is -0.147. The maximum atomic E-state index is 11.9. The van der Waals surface area contributed by atoms with E-state index in [1.807, 2.05) is 19.9 Å². The summed E-state index contributed by atoms with van der Waals surface area (Å²) >= 11 is 0. The van der Waals surface area contributed by atoms with E-state index < -0.39 is 0 Å². The molecule has 0 radical (unpaired) electrons. The lowest BCUT2D eigenvalue weighted by Crippen LogP contribution is -2.30. The molecule has 126 valence electrons. The van der Waals surface area contributed by atoms with Crippen LogP contribution < -0.4 is 15.5 Å². The van der Waals surface area contributed by atoms with Crippen molar-refractivity contribution in [3.63, 3.8) is 0 Å². The monoisotopic (exact) mass is 324 g/mol. The largest absolute Gasteiger partial charge is 0.372 e. The molecular weight excluding hydrogens is 300 g/mol. The third kappa shape index (κ3) is 4.04. The Balaban J connectivity index is 1.62. The average Bonchev–Trinajstić information content (AvgIpc) is 3.10. The van der Waals surface area contributed by atoms with E-state index in [1.54, 1.807) is 12.3 Å². The van der Waals surface area contributed by atoms with E-state index in [0.29, 0.717) is 5.69 Å². The van der Waals surface area contributed by atoms with Gasteiger partial charge < -0.3 is 15.5 Å². The lowest BCUT2D eigenvalue weighted by molar-refractivity contribution is 0.0938. The van der Waals surface area contributed by atoms with Crippen LogP contribution in [0.15, 0.2) is 42.6 Å². The molecule has 1 amide bonds. The molecule has 1 aromatic heterocycles. The van der Waals surface area contributed by atoms with Gasteiger partial charge in [0, 0.05) is 30.5 Å². The molecular formula is C19H24N4O. The fraction of sp³-hybridized carbons (Fsp3) is 0.368. The van der Waals surface area contributed by atoms with E-state index >= 15 is 0 Å². The van der Waals surface area contributed by atoms with Crippen LogP contribution in [-0.2, 0) is 0 Å². The van der Waals surface area contributed by atoms with Crippen LogP contribution in [0, 0.1) is 0 Å². The third-order valence-corrected chi connectivity index (χ3v) is 4.04. The summed E-state index contributed by atoms with van der Waals surface area (Å²) in [5, 5.41) is 6.15. The van der Waals surface area contributed by atoms with E-state index in [0.717, 1.165) is 24.5 Å². The van der Waals surface area contributed by atoms with E-state index in [2.05, 4.69) is 44.8 Å². The summed E-state index contributed by atoms with van der Waals surface area (Å²) in [5.41, 5.74) is 3.58. The minimum Gasteiger partial charge on any atom is -0.372 e. The van der Waals surface area contributed by atoms with Crippen molar-refractivity contribution < 1.29 is 4.79 Å². The van der Waals surface area contributed by atoms with Crippen molar-refractivity contribution in [2.75, 3.05) is 23.3 Å². The zero-order valence-corrected chi connectivity index (χ0v) is 14.2. The first-order chi connectivity index (χ1) is 11.6. The highest BCUT2D eigenvalue weighted by molar-refractivity contribution is 5.92. The van der Waals surface area contributed by atoms with Gasteiger partial charge in [-0.3, -0.25) is 4.79 Å². The van der Waals surface area contributed by atoms with Crippen LogP contribution in [-0.4, -0.2) is 30.0 Å². The van der Waals surface area contributed by atoms with Crippen molar-refractivity contribution in [2.24, 2.45) is 0 Å². The summed E-state index contributed by atoms with van der Waals surface area (Å²) in [6, 6.07) is 12.2. The molecule has 0 saturated carbocycles. The zero-order valence-electron chi connectivity index (χ0n) is 14.2. The summed E-state index contributed by atoms with van der Waals surface area (Å²) in [7, 11) is 0. The lowest BCUT2D eigenvalue weighted by Gasteiger charge is -2.18. The molecule has 1 aromatic carbocycles.